The number of ether oxygens (including phenoxy) is 2. The molecule has 13 heteroatoms. The van der Waals surface area contributed by atoms with Gasteiger partial charge >= 0.3 is 5.97 Å². The molecule has 206 valence electrons. The molecule has 1 aromatic carbocycles. The van der Waals surface area contributed by atoms with Gasteiger partial charge in [-0.05, 0) is 27.2 Å². The van der Waals surface area contributed by atoms with Crippen molar-refractivity contribution in [2.24, 2.45) is 10.9 Å². The Balaban J connectivity index is 1.44. The monoisotopic (exact) mass is 558 g/mol. The van der Waals surface area contributed by atoms with Gasteiger partial charge in [0.15, 0.2) is 28.2 Å². The molecule has 0 saturated carbocycles. The summed E-state index contributed by atoms with van der Waals surface area (Å²) in [5, 5.41) is 21.5. The number of phenols is 1. The van der Waals surface area contributed by atoms with Crippen LogP contribution in [0, 0.1) is 12.8 Å². The molecule has 4 rings (SSSR count). The Kier molecular flexibility index (Phi) is 7.39. The van der Waals surface area contributed by atoms with Gasteiger partial charge in [0.25, 0.3) is 5.60 Å². The molecule has 0 bridgehead atoms. The highest BCUT2D eigenvalue weighted by Crippen LogP contribution is 2.64. The largest absolute Gasteiger partial charge is 0.507 e. The van der Waals surface area contributed by atoms with Crippen molar-refractivity contribution in [1.82, 2.24) is 5.32 Å². The number of aliphatic imine (C=N–C) groups is 1. The number of hydrogen-bond acceptors (Lipinski definition) is 11. The Bertz CT molecular complexity index is 1410. The Labute approximate surface area is 226 Å². The van der Waals surface area contributed by atoms with Crippen molar-refractivity contribution in [1.29, 1.82) is 0 Å². The number of aromatic hydroxyl groups is 1. The number of ketones is 3. The second kappa shape index (κ2) is 10.3. The number of nitrogens with one attached hydrogen (secondary N) is 1. The van der Waals surface area contributed by atoms with Crippen molar-refractivity contribution >= 4 is 51.8 Å². The molecule has 0 saturated heterocycles. The quantitative estimate of drug-likeness (QED) is 0.164. The second-order valence-electron chi connectivity index (χ2n) is 9.43. The number of nitrogens with zero attached hydrogens (tertiary/aromatic N) is 1. The van der Waals surface area contributed by atoms with Crippen molar-refractivity contribution < 1.29 is 48.5 Å². The zero-order chi connectivity index (χ0) is 28.8. The van der Waals surface area contributed by atoms with E-state index in [9.17, 15) is 33.9 Å². The molecule has 3 N–H and O–H groups in total. The molecule has 1 spiro atoms. The summed E-state index contributed by atoms with van der Waals surface area (Å²) in [4.78, 5) is 77.5. The van der Waals surface area contributed by atoms with Gasteiger partial charge in [0.2, 0.25) is 11.7 Å². The number of thioether (sulfide) groups is 1. The standard InChI is InChI=1S/C26H26N2O10S/c1-10-21(33)19(12(3)29)23-20-22(10)38-26(20)16(37-23)8-15(31)18(24(26)34)11(2)27-7-5-6-17(32)39-9-14(25(35)36)28-13(4)30/h8,14,18,33H,5-7,9H2,1-4H3,(H,28,30)(H,35,36). The van der Waals surface area contributed by atoms with E-state index in [-0.39, 0.29) is 70.1 Å². The Morgan fingerprint density at radius 1 is 1.18 bits per heavy atom. The topological polar surface area (TPSA) is 186 Å². The fourth-order valence-electron chi connectivity index (χ4n) is 4.81. The fourth-order valence-corrected chi connectivity index (χ4v) is 5.68. The molecule has 0 radical (unpaired) electrons. The predicted octanol–water partition coefficient (Wildman–Crippen LogP) is 1.63. The van der Waals surface area contributed by atoms with E-state index in [0.29, 0.717) is 5.56 Å². The number of carbonyl (C=O) groups excluding carboxylic acids is 5. The number of phenolic OH excluding ortho intramolecular Hbond substituents is 1. The average Bonchev–Trinajstić information content (AvgIpc) is 3.08. The van der Waals surface area contributed by atoms with Crippen molar-refractivity contribution in [3.63, 3.8) is 0 Å². The normalized spacial score (nSPS) is 21.5. The molecule has 0 aromatic heterocycles. The van der Waals surface area contributed by atoms with Crippen LogP contribution in [-0.2, 0) is 29.6 Å². The zero-order valence-corrected chi connectivity index (χ0v) is 22.4. The van der Waals surface area contributed by atoms with Gasteiger partial charge in [0, 0.05) is 43.0 Å². The lowest BCUT2D eigenvalue weighted by Crippen LogP contribution is -2.56. The van der Waals surface area contributed by atoms with E-state index in [0.717, 1.165) is 17.8 Å². The highest BCUT2D eigenvalue weighted by molar-refractivity contribution is 8.13. The summed E-state index contributed by atoms with van der Waals surface area (Å²) < 4.78 is 11.6. The third kappa shape index (κ3) is 4.60. The summed E-state index contributed by atoms with van der Waals surface area (Å²) >= 11 is 0.786. The maximum Gasteiger partial charge on any atom is 0.327 e. The van der Waals surface area contributed by atoms with Gasteiger partial charge in [-0.1, -0.05) is 11.8 Å². The van der Waals surface area contributed by atoms with Gasteiger partial charge in [0.1, 0.15) is 29.0 Å². The van der Waals surface area contributed by atoms with Gasteiger partial charge in [-0.25, -0.2) is 4.79 Å². The number of benzene rings is 1. The van der Waals surface area contributed by atoms with E-state index in [1.807, 2.05) is 0 Å². The zero-order valence-electron chi connectivity index (χ0n) is 21.6. The van der Waals surface area contributed by atoms with Crippen LogP contribution in [0.1, 0.15) is 55.1 Å². The Morgan fingerprint density at radius 3 is 2.49 bits per heavy atom. The number of carboxylic acid groups (broad SMARTS) is 1. The minimum absolute atomic E-state index is 0.00847. The maximum absolute atomic E-state index is 13.7. The molecule has 3 atom stereocenters. The summed E-state index contributed by atoms with van der Waals surface area (Å²) in [6.07, 6.45) is 1.51. The lowest BCUT2D eigenvalue weighted by Gasteiger charge is -2.42. The number of carboxylic acids is 1. The number of allylic oxidation sites excluding steroid dienone is 1. The molecule has 3 aliphatic rings. The first-order valence-corrected chi connectivity index (χ1v) is 13.0. The summed E-state index contributed by atoms with van der Waals surface area (Å²) in [6.45, 7) is 5.65. The predicted molar refractivity (Wildman–Crippen MR) is 137 cm³/mol. The van der Waals surface area contributed by atoms with Crippen LogP contribution in [0.15, 0.2) is 16.8 Å². The number of aliphatic carboxylic acids is 1. The highest BCUT2D eigenvalue weighted by Gasteiger charge is 2.68. The molecule has 39 heavy (non-hydrogen) atoms. The van der Waals surface area contributed by atoms with E-state index in [1.165, 1.54) is 20.8 Å². The molecular weight excluding hydrogens is 532 g/mol. The van der Waals surface area contributed by atoms with Crippen LogP contribution in [0.25, 0.3) is 0 Å². The number of carbonyl (C=O) groups is 6. The van der Waals surface area contributed by atoms with E-state index in [2.05, 4.69) is 10.3 Å². The van der Waals surface area contributed by atoms with Gasteiger partial charge in [-0.15, -0.1) is 0 Å². The second-order valence-corrected chi connectivity index (χ2v) is 10.5. The summed E-state index contributed by atoms with van der Waals surface area (Å²) in [5.41, 5.74) is -0.953. The SMILES string of the molecule is CC(=O)NC(CSC(=O)CCCN=C(C)C1C(=O)C=C2Oc3c(C(C)=O)c(O)c(C)c4c3C2(O4)C1=O)C(=O)O. The summed E-state index contributed by atoms with van der Waals surface area (Å²) in [5.74, 6) is -4.91. The van der Waals surface area contributed by atoms with Crippen molar-refractivity contribution in [3.8, 4) is 17.2 Å². The minimum Gasteiger partial charge on any atom is -0.507 e. The first-order chi connectivity index (χ1) is 18.3. The van der Waals surface area contributed by atoms with Gasteiger partial charge in [-0.2, -0.15) is 0 Å². The molecule has 1 amide bonds. The Morgan fingerprint density at radius 2 is 1.87 bits per heavy atom. The molecule has 1 aliphatic carbocycles. The van der Waals surface area contributed by atoms with Crippen LogP contribution in [0.2, 0.25) is 0 Å². The first kappa shape index (κ1) is 28.0. The van der Waals surface area contributed by atoms with E-state index < -0.39 is 46.8 Å². The maximum atomic E-state index is 13.7. The molecule has 12 nitrogen and oxygen atoms in total. The third-order valence-corrected chi connectivity index (χ3v) is 7.73. The van der Waals surface area contributed by atoms with Gasteiger partial charge in [0.05, 0.1) is 5.56 Å². The minimum atomic E-state index is -1.69. The fraction of sp³-hybridized carbons (Fsp3) is 0.423. The molecule has 1 aromatic rings. The van der Waals surface area contributed by atoms with Crippen molar-refractivity contribution in [2.45, 2.75) is 52.2 Å². The average molecular weight is 559 g/mol. The van der Waals surface area contributed by atoms with Crippen LogP contribution in [0.5, 0.6) is 17.2 Å². The molecule has 2 aliphatic heterocycles. The van der Waals surface area contributed by atoms with Gasteiger partial charge in [-0.3, -0.25) is 29.0 Å². The number of hydrogen-bond donors (Lipinski definition) is 3. The van der Waals surface area contributed by atoms with E-state index in [4.69, 9.17) is 14.6 Å². The van der Waals surface area contributed by atoms with Crippen LogP contribution in [-0.4, -0.2) is 68.6 Å². The first-order valence-electron chi connectivity index (χ1n) is 12.1. The van der Waals surface area contributed by atoms with Crippen molar-refractivity contribution in [2.75, 3.05) is 12.3 Å². The van der Waals surface area contributed by atoms with Crippen molar-refractivity contribution in [3.05, 3.63) is 28.5 Å². The molecule has 0 fully saturated rings. The van der Waals surface area contributed by atoms with Crippen LogP contribution >= 0.6 is 11.8 Å². The highest BCUT2D eigenvalue weighted by atomic mass is 32.2. The lowest BCUT2D eigenvalue weighted by atomic mass is 9.71. The van der Waals surface area contributed by atoms with Crippen LogP contribution in [0.3, 0.4) is 0 Å². The van der Waals surface area contributed by atoms with Crippen LogP contribution in [0.4, 0.5) is 0 Å². The lowest BCUT2D eigenvalue weighted by molar-refractivity contribution is -0.144. The van der Waals surface area contributed by atoms with Crippen LogP contribution < -0.4 is 14.8 Å². The molecule has 3 unspecified atom stereocenters. The number of Topliss-reactive ketones (excluding diaryl/α,β-unsaturated/α-hetero) is 2. The Hall–Kier alpha value is -4.00. The summed E-state index contributed by atoms with van der Waals surface area (Å²) in [6, 6.07) is -1.18. The third-order valence-electron chi connectivity index (χ3n) is 6.70. The van der Waals surface area contributed by atoms with Gasteiger partial charge < -0.3 is 25.0 Å². The van der Waals surface area contributed by atoms with E-state index >= 15 is 0 Å². The van der Waals surface area contributed by atoms with E-state index in [1.54, 1.807) is 6.92 Å². The molecular formula is C26H26N2O10S. The summed E-state index contributed by atoms with van der Waals surface area (Å²) in [7, 11) is 0. The molecule has 2 heterocycles. The smallest absolute Gasteiger partial charge is 0.327 e. The number of rotatable bonds is 10. The number of amides is 1.